The number of aromatic nitrogens is 2. The van der Waals surface area contributed by atoms with Crippen LogP contribution in [0.2, 0.25) is 0 Å². The molecule has 0 aliphatic carbocycles. The fourth-order valence-corrected chi connectivity index (χ4v) is 3.53. The number of aryl methyl sites for hydroxylation is 2. The molecular weight excluding hydrogens is 384 g/mol. The largest absolute Gasteiger partial charge is 0.504 e. The first-order valence-corrected chi connectivity index (χ1v) is 7.74. The summed E-state index contributed by atoms with van der Waals surface area (Å²) >= 11 is 6.81. The predicted molar refractivity (Wildman–Crippen MR) is 88.3 cm³/mol. The average Bonchev–Trinajstić information content (AvgIpc) is 2.41. The van der Waals surface area contributed by atoms with Crippen LogP contribution in [0, 0.1) is 20.8 Å². The van der Waals surface area contributed by atoms with Gasteiger partial charge in [0.05, 0.1) is 15.5 Å². The Morgan fingerprint density at radius 2 is 1.55 bits per heavy atom. The Labute approximate surface area is 133 Å². The van der Waals surface area contributed by atoms with Crippen LogP contribution < -0.4 is 0 Å². The van der Waals surface area contributed by atoms with Gasteiger partial charge in [-0.15, -0.1) is 0 Å². The van der Waals surface area contributed by atoms with E-state index in [1.807, 2.05) is 6.07 Å². The lowest BCUT2D eigenvalue weighted by atomic mass is 10.0. The molecule has 1 heterocycles. The lowest BCUT2D eigenvalue weighted by molar-refractivity contribution is 0.477. The molecule has 2 aromatic carbocycles. The van der Waals surface area contributed by atoms with Crippen molar-refractivity contribution in [2.45, 2.75) is 20.8 Å². The summed E-state index contributed by atoms with van der Waals surface area (Å²) in [5, 5.41) is 10.2. The highest BCUT2D eigenvalue weighted by molar-refractivity contribution is 9.11. The SMILES string of the molecule is Cc1cc2nc3c(O)c(Br)cc(Br)c3nc2c(C)c1C. The van der Waals surface area contributed by atoms with Crippen LogP contribution >= 0.6 is 31.9 Å². The molecule has 0 fully saturated rings. The number of phenols is 1. The normalized spacial score (nSPS) is 11.4. The van der Waals surface area contributed by atoms with Gasteiger partial charge in [0, 0.05) is 4.47 Å². The monoisotopic (exact) mass is 394 g/mol. The summed E-state index contributed by atoms with van der Waals surface area (Å²) in [6, 6.07) is 3.80. The summed E-state index contributed by atoms with van der Waals surface area (Å²) < 4.78 is 1.41. The van der Waals surface area contributed by atoms with Crippen molar-refractivity contribution in [3.05, 3.63) is 37.8 Å². The fraction of sp³-hybridized carbons (Fsp3) is 0.200. The van der Waals surface area contributed by atoms with Gasteiger partial charge in [-0.05, 0) is 81.5 Å². The van der Waals surface area contributed by atoms with Crippen molar-refractivity contribution < 1.29 is 5.11 Å². The highest BCUT2D eigenvalue weighted by atomic mass is 79.9. The highest BCUT2D eigenvalue weighted by Gasteiger charge is 2.14. The zero-order chi connectivity index (χ0) is 14.6. The number of fused-ring (bicyclic) bond motifs is 2. The Bertz CT molecular complexity index is 874. The minimum Gasteiger partial charge on any atom is -0.504 e. The molecule has 0 bridgehead atoms. The van der Waals surface area contributed by atoms with Crippen LogP contribution in [0.25, 0.3) is 22.1 Å². The third-order valence-corrected chi connectivity index (χ3v) is 4.92. The first-order valence-electron chi connectivity index (χ1n) is 6.15. The number of halogens is 2. The fourth-order valence-electron chi connectivity index (χ4n) is 2.30. The van der Waals surface area contributed by atoms with Crippen LogP contribution in [0.15, 0.2) is 21.1 Å². The van der Waals surface area contributed by atoms with E-state index in [0.29, 0.717) is 15.5 Å². The third-order valence-electron chi connectivity index (χ3n) is 3.72. The van der Waals surface area contributed by atoms with E-state index >= 15 is 0 Å². The van der Waals surface area contributed by atoms with E-state index in [1.54, 1.807) is 6.07 Å². The molecule has 20 heavy (non-hydrogen) atoms. The van der Waals surface area contributed by atoms with Crippen molar-refractivity contribution in [1.29, 1.82) is 0 Å². The Kier molecular flexibility index (Phi) is 3.21. The molecule has 102 valence electrons. The van der Waals surface area contributed by atoms with E-state index in [4.69, 9.17) is 4.98 Å². The van der Waals surface area contributed by atoms with Gasteiger partial charge in [0.15, 0.2) is 5.75 Å². The topological polar surface area (TPSA) is 46.0 Å². The first kappa shape index (κ1) is 13.8. The minimum absolute atomic E-state index is 0.119. The molecule has 0 aliphatic heterocycles. The van der Waals surface area contributed by atoms with Crippen LogP contribution in [-0.2, 0) is 0 Å². The summed E-state index contributed by atoms with van der Waals surface area (Å²) in [6.45, 7) is 6.20. The zero-order valence-corrected chi connectivity index (χ0v) is 14.4. The maximum absolute atomic E-state index is 10.2. The van der Waals surface area contributed by atoms with E-state index in [9.17, 15) is 5.11 Å². The Morgan fingerprint density at radius 3 is 2.25 bits per heavy atom. The second-order valence-corrected chi connectivity index (χ2v) is 6.63. The molecule has 3 rings (SSSR count). The molecule has 0 atom stereocenters. The summed E-state index contributed by atoms with van der Waals surface area (Å²) in [6.07, 6.45) is 0. The van der Waals surface area contributed by atoms with Crippen molar-refractivity contribution >= 4 is 53.9 Å². The second kappa shape index (κ2) is 4.67. The predicted octanol–water partition coefficient (Wildman–Crippen LogP) is 4.94. The second-order valence-electron chi connectivity index (χ2n) is 4.92. The lowest BCUT2D eigenvalue weighted by Gasteiger charge is -2.11. The molecule has 1 N–H and O–H groups in total. The van der Waals surface area contributed by atoms with Crippen LogP contribution in [0.1, 0.15) is 16.7 Å². The van der Waals surface area contributed by atoms with Crippen molar-refractivity contribution in [2.24, 2.45) is 0 Å². The molecule has 0 amide bonds. The van der Waals surface area contributed by atoms with Crippen LogP contribution in [0.5, 0.6) is 5.75 Å². The van der Waals surface area contributed by atoms with Gasteiger partial charge in [0.25, 0.3) is 0 Å². The summed E-state index contributed by atoms with van der Waals surface area (Å²) in [5.74, 6) is 0.119. The molecule has 0 spiro atoms. The average molecular weight is 396 g/mol. The summed E-state index contributed by atoms with van der Waals surface area (Å²) in [4.78, 5) is 9.28. The lowest BCUT2D eigenvalue weighted by Crippen LogP contribution is -1.96. The third kappa shape index (κ3) is 1.91. The van der Waals surface area contributed by atoms with Gasteiger partial charge < -0.3 is 5.11 Å². The zero-order valence-electron chi connectivity index (χ0n) is 11.3. The molecule has 1 aromatic heterocycles. The van der Waals surface area contributed by atoms with Crippen molar-refractivity contribution in [1.82, 2.24) is 9.97 Å². The Hall–Kier alpha value is -1.20. The summed E-state index contributed by atoms with van der Waals surface area (Å²) in [7, 11) is 0. The highest BCUT2D eigenvalue weighted by Crippen LogP contribution is 2.37. The van der Waals surface area contributed by atoms with Crippen LogP contribution in [0.4, 0.5) is 0 Å². The maximum Gasteiger partial charge on any atom is 0.157 e. The van der Waals surface area contributed by atoms with Gasteiger partial charge in [-0.1, -0.05) is 0 Å². The summed E-state index contributed by atoms with van der Waals surface area (Å²) in [5.41, 5.74) is 6.39. The van der Waals surface area contributed by atoms with Gasteiger partial charge in [-0.2, -0.15) is 0 Å². The number of nitrogens with zero attached hydrogens (tertiary/aromatic N) is 2. The van der Waals surface area contributed by atoms with Crippen molar-refractivity contribution in [3.63, 3.8) is 0 Å². The molecule has 3 nitrogen and oxygen atoms in total. The van der Waals surface area contributed by atoms with Crippen molar-refractivity contribution in [2.75, 3.05) is 0 Å². The number of aromatic hydroxyl groups is 1. The van der Waals surface area contributed by atoms with E-state index in [2.05, 4.69) is 57.6 Å². The van der Waals surface area contributed by atoms with Crippen LogP contribution in [0.3, 0.4) is 0 Å². The number of benzene rings is 2. The molecule has 0 saturated carbocycles. The molecule has 0 aliphatic rings. The smallest absolute Gasteiger partial charge is 0.157 e. The quantitative estimate of drug-likeness (QED) is 0.548. The van der Waals surface area contributed by atoms with Gasteiger partial charge in [-0.25, -0.2) is 9.97 Å². The van der Waals surface area contributed by atoms with Gasteiger partial charge in [0.2, 0.25) is 0 Å². The van der Waals surface area contributed by atoms with E-state index < -0.39 is 0 Å². The number of hydrogen-bond donors (Lipinski definition) is 1. The number of hydrogen-bond acceptors (Lipinski definition) is 3. The number of rotatable bonds is 0. The molecule has 5 heteroatoms. The minimum atomic E-state index is 0.119. The van der Waals surface area contributed by atoms with E-state index in [1.165, 1.54) is 11.1 Å². The molecule has 0 radical (unpaired) electrons. The Morgan fingerprint density at radius 1 is 0.850 bits per heavy atom. The Balaban J connectivity index is 2.56. The molecule has 0 saturated heterocycles. The first-order chi connectivity index (χ1) is 9.40. The van der Waals surface area contributed by atoms with E-state index in [-0.39, 0.29) is 5.75 Å². The molecule has 3 aromatic rings. The molecule has 0 unspecified atom stereocenters. The molecular formula is C15H12Br2N2O. The van der Waals surface area contributed by atoms with Crippen LogP contribution in [-0.4, -0.2) is 15.1 Å². The number of phenolic OH excluding ortho intramolecular Hbond substituents is 1. The maximum atomic E-state index is 10.2. The standard InChI is InChI=1S/C15H12Br2N2O/c1-6-4-11-12(8(3)7(6)2)19-13-9(16)5-10(17)15(20)14(13)18-11/h4-5,20H,1-3H3. The van der Waals surface area contributed by atoms with Gasteiger partial charge >= 0.3 is 0 Å². The van der Waals surface area contributed by atoms with Crippen molar-refractivity contribution in [3.8, 4) is 5.75 Å². The van der Waals surface area contributed by atoms with E-state index in [0.717, 1.165) is 21.1 Å². The van der Waals surface area contributed by atoms with Gasteiger partial charge in [0.1, 0.15) is 11.0 Å². The van der Waals surface area contributed by atoms with Gasteiger partial charge in [-0.3, -0.25) is 0 Å².